The predicted molar refractivity (Wildman–Crippen MR) is 56.7 cm³/mol. The molecule has 0 bridgehead atoms. The van der Waals surface area contributed by atoms with Gasteiger partial charge in [0.1, 0.15) is 17.6 Å². The van der Waals surface area contributed by atoms with Crippen molar-refractivity contribution in [2.75, 3.05) is 13.7 Å². The number of hydrogen-bond acceptors (Lipinski definition) is 4. The number of amides is 1. The maximum atomic E-state index is 11.9. The highest BCUT2D eigenvalue weighted by Gasteiger charge is 2.26. The summed E-state index contributed by atoms with van der Waals surface area (Å²) in [6.07, 6.45) is 1.52. The number of rotatable bonds is 3. The van der Waals surface area contributed by atoms with E-state index in [0.717, 1.165) is 24.3 Å². The van der Waals surface area contributed by atoms with Crippen LogP contribution >= 0.6 is 0 Å². The average molecular weight is 224 g/mol. The zero-order valence-corrected chi connectivity index (χ0v) is 9.60. The lowest BCUT2D eigenvalue weighted by Crippen LogP contribution is -2.35. The van der Waals surface area contributed by atoms with Gasteiger partial charge in [-0.1, -0.05) is 5.16 Å². The van der Waals surface area contributed by atoms with Gasteiger partial charge in [-0.25, -0.2) is 0 Å². The van der Waals surface area contributed by atoms with Crippen LogP contribution < -0.4 is 0 Å². The Morgan fingerprint density at radius 3 is 3.06 bits per heavy atom. The van der Waals surface area contributed by atoms with Crippen LogP contribution in [-0.4, -0.2) is 35.7 Å². The maximum Gasteiger partial charge on any atom is 0.251 e. The molecule has 0 aromatic carbocycles. The largest absolute Gasteiger partial charge is 0.368 e. The molecule has 0 aliphatic carbocycles. The fourth-order valence-electron chi connectivity index (χ4n) is 1.83. The lowest BCUT2D eigenvalue weighted by molar-refractivity contribution is -0.140. The van der Waals surface area contributed by atoms with E-state index in [1.54, 1.807) is 11.9 Å². The second-order valence-electron chi connectivity index (χ2n) is 4.12. The van der Waals surface area contributed by atoms with Crippen LogP contribution in [0, 0.1) is 6.92 Å². The van der Waals surface area contributed by atoms with Gasteiger partial charge in [-0.05, 0) is 19.8 Å². The van der Waals surface area contributed by atoms with Crippen LogP contribution in [0.25, 0.3) is 0 Å². The zero-order chi connectivity index (χ0) is 11.5. The second kappa shape index (κ2) is 4.65. The summed E-state index contributed by atoms with van der Waals surface area (Å²) in [6, 6.07) is 1.83. The summed E-state index contributed by atoms with van der Waals surface area (Å²) in [6.45, 7) is 2.99. The molecule has 5 nitrogen and oxygen atoms in total. The average Bonchev–Trinajstić information content (AvgIpc) is 2.88. The van der Waals surface area contributed by atoms with Crippen LogP contribution in [0.1, 0.15) is 24.3 Å². The van der Waals surface area contributed by atoms with E-state index in [1.165, 1.54) is 0 Å². The monoisotopic (exact) mass is 224 g/mol. The van der Waals surface area contributed by atoms with Crippen molar-refractivity contribution in [1.29, 1.82) is 0 Å². The van der Waals surface area contributed by atoms with Gasteiger partial charge in [-0.3, -0.25) is 4.79 Å². The van der Waals surface area contributed by atoms with Crippen LogP contribution in [-0.2, 0) is 16.1 Å². The first kappa shape index (κ1) is 11.1. The summed E-state index contributed by atoms with van der Waals surface area (Å²) in [5.41, 5.74) is 0.770. The molecule has 0 spiro atoms. The Bertz CT molecular complexity index is 369. The van der Waals surface area contributed by atoms with Crippen molar-refractivity contribution < 1.29 is 14.1 Å². The highest BCUT2D eigenvalue weighted by atomic mass is 16.5. The molecule has 1 saturated heterocycles. The van der Waals surface area contributed by atoms with E-state index in [4.69, 9.17) is 9.26 Å². The smallest absolute Gasteiger partial charge is 0.251 e. The zero-order valence-electron chi connectivity index (χ0n) is 9.60. The Balaban J connectivity index is 1.91. The first-order valence-corrected chi connectivity index (χ1v) is 5.45. The molecular weight excluding hydrogens is 208 g/mol. The number of nitrogens with zero attached hydrogens (tertiary/aromatic N) is 2. The first-order valence-electron chi connectivity index (χ1n) is 5.45. The molecule has 1 amide bonds. The van der Waals surface area contributed by atoms with Crippen molar-refractivity contribution in [1.82, 2.24) is 10.1 Å². The molecule has 1 fully saturated rings. The lowest BCUT2D eigenvalue weighted by Gasteiger charge is -2.19. The van der Waals surface area contributed by atoms with Crippen LogP contribution in [0.3, 0.4) is 0 Å². The van der Waals surface area contributed by atoms with Gasteiger partial charge < -0.3 is 14.2 Å². The van der Waals surface area contributed by atoms with E-state index in [0.29, 0.717) is 13.2 Å². The topological polar surface area (TPSA) is 55.6 Å². The molecule has 5 heteroatoms. The van der Waals surface area contributed by atoms with E-state index in [2.05, 4.69) is 5.16 Å². The minimum Gasteiger partial charge on any atom is -0.368 e. The number of ether oxygens (including phenoxy) is 1. The SMILES string of the molecule is Cc1cc(CN(C)C(=O)C2CCCO2)no1. The fourth-order valence-corrected chi connectivity index (χ4v) is 1.83. The lowest BCUT2D eigenvalue weighted by atomic mass is 10.2. The summed E-state index contributed by atoms with van der Waals surface area (Å²) in [5.74, 6) is 0.783. The second-order valence-corrected chi connectivity index (χ2v) is 4.12. The molecule has 1 atom stereocenters. The van der Waals surface area contributed by atoms with E-state index in [9.17, 15) is 4.79 Å². The highest BCUT2D eigenvalue weighted by Crippen LogP contribution is 2.15. The molecule has 0 radical (unpaired) electrons. The number of aryl methyl sites for hydroxylation is 1. The molecule has 88 valence electrons. The van der Waals surface area contributed by atoms with Crippen molar-refractivity contribution in [3.05, 3.63) is 17.5 Å². The third-order valence-corrected chi connectivity index (χ3v) is 2.66. The van der Waals surface area contributed by atoms with Crippen LogP contribution in [0.2, 0.25) is 0 Å². The minimum atomic E-state index is -0.266. The van der Waals surface area contributed by atoms with Gasteiger partial charge >= 0.3 is 0 Å². The van der Waals surface area contributed by atoms with Crippen LogP contribution in [0.4, 0.5) is 0 Å². The third-order valence-electron chi connectivity index (χ3n) is 2.66. The molecule has 1 aromatic heterocycles. The number of carbonyl (C=O) groups excluding carboxylic acids is 1. The molecule has 1 aromatic rings. The van der Waals surface area contributed by atoms with E-state index in [-0.39, 0.29) is 12.0 Å². The Morgan fingerprint density at radius 1 is 1.69 bits per heavy atom. The van der Waals surface area contributed by atoms with Crippen LogP contribution in [0.5, 0.6) is 0 Å². The van der Waals surface area contributed by atoms with Crippen molar-refractivity contribution in [3.8, 4) is 0 Å². The quantitative estimate of drug-likeness (QED) is 0.772. The van der Waals surface area contributed by atoms with Crippen LogP contribution in [0.15, 0.2) is 10.6 Å². The van der Waals surface area contributed by atoms with E-state index in [1.807, 2.05) is 13.0 Å². The minimum absolute atomic E-state index is 0.0261. The van der Waals surface area contributed by atoms with Gasteiger partial charge in [0, 0.05) is 19.7 Å². The third kappa shape index (κ3) is 2.41. The van der Waals surface area contributed by atoms with Crippen molar-refractivity contribution in [3.63, 3.8) is 0 Å². The van der Waals surface area contributed by atoms with Gasteiger partial charge in [-0.2, -0.15) is 0 Å². The Kier molecular flexibility index (Phi) is 3.24. The summed E-state index contributed by atoms with van der Waals surface area (Å²) >= 11 is 0. The summed E-state index contributed by atoms with van der Waals surface area (Å²) < 4.78 is 10.3. The maximum absolute atomic E-state index is 11.9. The summed E-state index contributed by atoms with van der Waals surface area (Å²) in [7, 11) is 1.76. The van der Waals surface area contributed by atoms with Gasteiger partial charge in [0.2, 0.25) is 0 Å². The van der Waals surface area contributed by atoms with E-state index >= 15 is 0 Å². The normalized spacial score (nSPS) is 20.0. The standard InChI is InChI=1S/C11H16N2O3/c1-8-6-9(12-16-8)7-13(2)11(14)10-4-3-5-15-10/h6,10H,3-5,7H2,1-2H3. The molecule has 2 heterocycles. The molecule has 2 rings (SSSR count). The van der Waals surface area contributed by atoms with Crippen molar-refractivity contribution in [2.24, 2.45) is 0 Å². The molecule has 16 heavy (non-hydrogen) atoms. The summed E-state index contributed by atoms with van der Waals surface area (Å²) in [5, 5.41) is 3.86. The molecule has 1 aliphatic heterocycles. The highest BCUT2D eigenvalue weighted by molar-refractivity contribution is 5.80. The fraction of sp³-hybridized carbons (Fsp3) is 0.636. The molecular formula is C11H16N2O3. The number of aromatic nitrogens is 1. The van der Waals surface area contributed by atoms with Gasteiger partial charge in [0.25, 0.3) is 5.91 Å². The molecule has 0 N–H and O–H groups in total. The number of likely N-dealkylation sites (N-methyl/N-ethyl adjacent to an activating group) is 1. The van der Waals surface area contributed by atoms with Crippen molar-refractivity contribution >= 4 is 5.91 Å². The van der Waals surface area contributed by atoms with Crippen molar-refractivity contribution in [2.45, 2.75) is 32.4 Å². The van der Waals surface area contributed by atoms with Gasteiger partial charge in [-0.15, -0.1) is 0 Å². The molecule has 0 saturated carbocycles. The van der Waals surface area contributed by atoms with Gasteiger partial charge in [0.05, 0.1) is 6.54 Å². The number of hydrogen-bond donors (Lipinski definition) is 0. The molecule has 1 aliphatic rings. The predicted octanol–water partition coefficient (Wildman–Crippen LogP) is 1.12. The summed E-state index contributed by atoms with van der Waals surface area (Å²) in [4.78, 5) is 13.5. The van der Waals surface area contributed by atoms with E-state index < -0.39 is 0 Å². The molecule has 1 unspecified atom stereocenters. The van der Waals surface area contributed by atoms with Gasteiger partial charge in [0.15, 0.2) is 0 Å². The number of carbonyl (C=O) groups is 1. The Hall–Kier alpha value is -1.36. The first-order chi connectivity index (χ1) is 7.66. The Morgan fingerprint density at radius 2 is 2.50 bits per heavy atom. The Labute approximate surface area is 94.3 Å².